The number of aryl methyl sites for hydroxylation is 2. The maximum Gasteiger partial charge on any atom is 0.142 e. The second-order valence-electron chi connectivity index (χ2n) is 4.46. The Balaban J connectivity index is 2.58. The number of hydrogen-bond acceptors (Lipinski definition) is 1. The van der Waals surface area contributed by atoms with Crippen molar-refractivity contribution in [3.05, 3.63) is 41.5 Å². The van der Waals surface area contributed by atoms with Crippen molar-refractivity contribution >= 4 is 21.8 Å². The molecule has 1 heterocycles. The first-order valence-electron chi connectivity index (χ1n) is 5.77. The number of benzene rings is 2. The Labute approximate surface area is 100 Å². The number of nitrogens with one attached hydrogen (secondary N) is 1. The van der Waals surface area contributed by atoms with Gasteiger partial charge in [-0.1, -0.05) is 24.3 Å². The zero-order chi connectivity index (χ0) is 12.0. The summed E-state index contributed by atoms with van der Waals surface area (Å²) in [6.45, 7) is 4.28. The van der Waals surface area contributed by atoms with Gasteiger partial charge in [-0.15, -0.1) is 0 Å². The van der Waals surface area contributed by atoms with E-state index in [0.717, 1.165) is 11.3 Å². The average Bonchev–Trinajstić information content (AvgIpc) is 2.74. The summed E-state index contributed by atoms with van der Waals surface area (Å²) in [6.07, 6.45) is 0. The van der Waals surface area contributed by atoms with Crippen molar-refractivity contribution in [2.75, 3.05) is 7.11 Å². The molecule has 0 saturated heterocycles. The van der Waals surface area contributed by atoms with Crippen LogP contribution >= 0.6 is 0 Å². The van der Waals surface area contributed by atoms with Gasteiger partial charge in [-0.3, -0.25) is 0 Å². The molecule has 0 bridgehead atoms. The van der Waals surface area contributed by atoms with Gasteiger partial charge in [0, 0.05) is 16.3 Å². The summed E-state index contributed by atoms with van der Waals surface area (Å²) >= 11 is 0. The molecule has 2 heteroatoms. The van der Waals surface area contributed by atoms with Crippen LogP contribution in [0.4, 0.5) is 0 Å². The van der Waals surface area contributed by atoms with Crippen molar-refractivity contribution in [2.24, 2.45) is 0 Å². The Hall–Kier alpha value is -1.96. The predicted molar refractivity (Wildman–Crippen MR) is 71.8 cm³/mol. The first-order chi connectivity index (χ1) is 8.22. The van der Waals surface area contributed by atoms with Crippen molar-refractivity contribution in [3.8, 4) is 5.75 Å². The van der Waals surface area contributed by atoms with E-state index < -0.39 is 0 Å². The van der Waals surface area contributed by atoms with Crippen LogP contribution in [0.5, 0.6) is 5.75 Å². The first kappa shape index (κ1) is 10.2. The number of H-pyrrole nitrogens is 1. The molecule has 86 valence electrons. The van der Waals surface area contributed by atoms with E-state index in [1.165, 1.54) is 27.4 Å². The van der Waals surface area contributed by atoms with Crippen LogP contribution in [0.2, 0.25) is 0 Å². The standard InChI is InChI=1S/C15H15NO/c1-9-7-8-10(2)14-13(9)11-5-4-6-12(17-3)15(11)16-14/h4-8,16H,1-3H3. The number of hydrogen-bond donors (Lipinski definition) is 1. The minimum Gasteiger partial charge on any atom is -0.495 e. The lowest BCUT2D eigenvalue weighted by Crippen LogP contribution is -1.83. The predicted octanol–water partition coefficient (Wildman–Crippen LogP) is 3.95. The molecule has 0 saturated carbocycles. The van der Waals surface area contributed by atoms with Crippen molar-refractivity contribution in [2.45, 2.75) is 13.8 Å². The van der Waals surface area contributed by atoms with Crippen molar-refractivity contribution < 1.29 is 4.74 Å². The highest BCUT2D eigenvalue weighted by molar-refractivity contribution is 6.11. The highest BCUT2D eigenvalue weighted by Gasteiger charge is 2.11. The molecular weight excluding hydrogens is 210 g/mol. The third-order valence-electron chi connectivity index (χ3n) is 3.39. The summed E-state index contributed by atoms with van der Waals surface area (Å²) < 4.78 is 5.41. The fourth-order valence-corrected chi connectivity index (χ4v) is 2.48. The molecule has 17 heavy (non-hydrogen) atoms. The number of rotatable bonds is 1. The van der Waals surface area contributed by atoms with Gasteiger partial charge >= 0.3 is 0 Å². The van der Waals surface area contributed by atoms with Gasteiger partial charge in [0.25, 0.3) is 0 Å². The summed E-state index contributed by atoms with van der Waals surface area (Å²) in [5.41, 5.74) is 4.86. The number of methoxy groups -OCH3 is 1. The SMILES string of the molecule is COc1cccc2c1[nH]c1c(C)ccc(C)c12. The lowest BCUT2D eigenvalue weighted by Gasteiger charge is -2.01. The van der Waals surface area contributed by atoms with Crippen LogP contribution in [0.3, 0.4) is 0 Å². The summed E-state index contributed by atoms with van der Waals surface area (Å²) in [6, 6.07) is 10.5. The Kier molecular flexibility index (Phi) is 2.11. The van der Waals surface area contributed by atoms with Gasteiger partial charge in [0.05, 0.1) is 12.6 Å². The molecule has 2 nitrogen and oxygen atoms in total. The molecule has 0 unspecified atom stereocenters. The average molecular weight is 225 g/mol. The first-order valence-corrected chi connectivity index (χ1v) is 5.77. The third-order valence-corrected chi connectivity index (χ3v) is 3.39. The van der Waals surface area contributed by atoms with Crippen LogP contribution in [0.1, 0.15) is 11.1 Å². The molecule has 0 spiro atoms. The summed E-state index contributed by atoms with van der Waals surface area (Å²) in [7, 11) is 1.71. The van der Waals surface area contributed by atoms with Crippen LogP contribution in [0.25, 0.3) is 21.8 Å². The van der Waals surface area contributed by atoms with Crippen LogP contribution < -0.4 is 4.74 Å². The molecule has 0 atom stereocenters. The maximum atomic E-state index is 5.41. The van der Waals surface area contributed by atoms with Gasteiger partial charge < -0.3 is 9.72 Å². The van der Waals surface area contributed by atoms with Gasteiger partial charge in [-0.25, -0.2) is 0 Å². The minimum atomic E-state index is 0.900. The highest BCUT2D eigenvalue weighted by atomic mass is 16.5. The minimum absolute atomic E-state index is 0.900. The molecule has 0 radical (unpaired) electrons. The number of fused-ring (bicyclic) bond motifs is 3. The molecule has 0 aliphatic rings. The number of para-hydroxylation sites is 1. The smallest absolute Gasteiger partial charge is 0.142 e. The molecule has 0 aliphatic carbocycles. The van der Waals surface area contributed by atoms with Gasteiger partial charge in [-0.05, 0) is 31.0 Å². The lowest BCUT2D eigenvalue weighted by atomic mass is 10.0. The summed E-state index contributed by atoms with van der Waals surface area (Å²) in [5, 5.41) is 2.54. The quantitative estimate of drug-likeness (QED) is 0.666. The number of ether oxygens (including phenoxy) is 1. The van der Waals surface area contributed by atoms with E-state index in [-0.39, 0.29) is 0 Å². The van der Waals surface area contributed by atoms with E-state index in [1.54, 1.807) is 7.11 Å². The second-order valence-corrected chi connectivity index (χ2v) is 4.46. The van der Waals surface area contributed by atoms with Crippen LogP contribution in [0.15, 0.2) is 30.3 Å². The van der Waals surface area contributed by atoms with Crippen LogP contribution in [-0.2, 0) is 0 Å². The van der Waals surface area contributed by atoms with Crippen molar-refractivity contribution in [1.29, 1.82) is 0 Å². The van der Waals surface area contributed by atoms with Crippen molar-refractivity contribution in [1.82, 2.24) is 4.98 Å². The van der Waals surface area contributed by atoms with E-state index in [1.807, 2.05) is 12.1 Å². The largest absolute Gasteiger partial charge is 0.495 e. The molecule has 3 rings (SSSR count). The lowest BCUT2D eigenvalue weighted by molar-refractivity contribution is 0.419. The molecule has 0 fully saturated rings. The summed E-state index contributed by atoms with van der Waals surface area (Å²) in [5.74, 6) is 0.900. The maximum absolute atomic E-state index is 5.41. The third kappa shape index (κ3) is 1.34. The van der Waals surface area contributed by atoms with Crippen molar-refractivity contribution in [3.63, 3.8) is 0 Å². The Bertz CT molecular complexity index is 710. The van der Waals surface area contributed by atoms with E-state index in [2.05, 4.69) is 37.0 Å². The van der Waals surface area contributed by atoms with Gasteiger partial charge in [0.2, 0.25) is 0 Å². The molecule has 0 amide bonds. The van der Waals surface area contributed by atoms with Gasteiger partial charge in [0.1, 0.15) is 5.75 Å². The molecule has 0 aliphatic heterocycles. The molecule has 1 aromatic heterocycles. The van der Waals surface area contributed by atoms with E-state index >= 15 is 0 Å². The Morgan fingerprint density at radius 1 is 0.941 bits per heavy atom. The molecule has 2 aromatic carbocycles. The monoisotopic (exact) mass is 225 g/mol. The Morgan fingerprint density at radius 2 is 1.71 bits per heavy atom. The zero-order valence-corrected chi connectivity index (χ0v) is 10.3. The van der Waals surface area contributed by atoms with Crippen LogP contribution in [0, 0.1) is 13.8 Å². The molecule has 1 N–H and O–H groups in total. The van der Waals surface area contributed by atoms with Gasteiger partial charge in [-0.2, -0.15) is 0 Å². The van der Waals surface area contributed by atoms with E-state index in [9.17, 15) is 0 Å². The molecule has 3 aromatic rings. The van der Waals surface area contributed by atoms with E-state index in [0.29, 0.717) is 0 Å². The van der Waals surface area contributed by atoms with E-state index in [4.69, 9.17) is 4.74 Å². The molecular formula is C15H15NO. The van der Waals surface area contributed by atoms with Crippen LogP contribution in [-0.4, -0.2) is 12.1 Å². The van der Waals surface area contributed by atoms with Gasteiger partial charge in [0.15, 0.2) is 0 Å². The highest BCUT2D eigenvalue weighted by Crippen LogP contribution is 2.34. The topological polar surface area (TPSA) is 25.0 Å². The fraction of sp³-hybridized carbons (Fsp3) is 0.200. The normalized spacial score (nSPS) is 11.2. The number of aromatic amines is 1. The number of aromatic nitrogens is 1. The summed E-state index contributed by atoms with van der Waals surface area (Å²) in [4.78, 5) is 3.48. The second kappa shape index (κ2) is 3.52. The Morgan fingerprint density at radius 3 is 2.47 bits per heavy atom. The zero-order valence-electron chi connectivity index (χ0n) is 10.3. The fourth-order valence-electron chi connectivity index (χ4n) is 2.48.